The Morgan fingerprint density at radius 2 is 2.05 bits per heavy atom. The van der Waals surface area contributed by atoms with E-state index in [1.54, 1.807) is 37.4 Å². The van der Waals surface area contributed by atoms with Gasteiger partial charge in [-0.25, -0.2) is 4.68 Å². The van der Waals surface area contributed by atoms with Gasteiger partial charge in [0.2, 0.25) is 0 Å². The Hall–Kier alpha value is -2.34. The number of carboxylic acids is 1. The molecule has 2 unspecified atom stereocenters. The van der Waals surface area contributed by atoms with Gasteiger partial charge in [-0.15, -0.1) is 0 Å². The molecule has 2 rings (SSSR count). The van der Waals surface area contributed by atoms with Gasteiger partial charge in [0.25, 0.3) is 5.91 Å². The molecule has 0 saturated carbocycles. The molecule has 1 heterocycles. The van der Waals surface area contributed by atoms with Crippen molar-refractivity contribution in [3.05, 3.63) is 47.2 Å². The first kappa shape index (κ1) is 16.0. The van der Waals surface area contributed by atoms with E-state index in [2.05, 4.69) is 10.4 Å². The SMILES string of the molecule is CC(NC(=O)c1ccn(-c2cccc(Cl)c2)n1)C(C)C(=O)O. The van der Waals surface area contributed by atoms with Gasteiger partial charge in [-0.3, -0.25) is 9.59 Å². The minimum atomic E-state index is -0.961. The Kier molecular flexibility index (Phi) is 4.82. The lowest BCUT2D eigenvalue weighted by molar-refractivity contribution is -0.141. The van der Waals surface area contributed by atoms with Gasteiger partial charge in [0.15, 0.2) is 5.69 Å². The smallest absolute Gasteiger partial charge is 0.308 e. The van der Waals surface area contributed by atoms with E-state index >= 15 is 0 Å². The van der Waals surface area contributed by atoms with Crippen LogP contribution in [0.25, 0.3) is 5.69 Å². The number of aromatic nitrogens is 2. The number of carboxylic acid groups (broad SMARTS) is 1. The molecule has 0 aliphatic rings. The molecule has 0 bridgehead atoms. The number of aliphatic carboxylic acids is 1. The monoisotopic (exact) mass is 321 g/mol. The van der Waals surface area contributed by atoms with Crippen molar-refractivity contribution in [1.82, 2.24) is 15.1 Å². The van der Waals surface area contributed by atoms with E-state index in [9.17, 15) is 9.59 Å². The van der Waals surface area contributed by atoms with Gasteiger partial charge in [-0.2, -0.15) is 5.10 Å². The van der Waals surface area contributed by atoms with Crippen molar-refractivity contribution < 1.29 is 14.7 Å². The number of hydrogen-bond donors (Lipinski definition) is 2. The van der Waals surface area contributed by atoms with Gasteiger partial charge in [-0.1, -0.05) is 17.7 Å². The average molecular weight is 322 g/mol. The summed E-state index contributed by atoms with van der Waals surface area (Å²) in [6, 6.07) is 8.14. The number of rotatable bonds is 5. The highest BCUT2D eigenvalue weighted by Gasteiger charge is 2.22. The maximum atomic E-state index is 12.1. The molecule has 0 saturated heterocycles. The second kappa shape index (κ2) is 6.62. The van der Waals surface area contributed by atoms with Crippen molar-refractivity contribution in [3.8, 4) is 5.69 Å². The molecule has 0 spiro atoms. The Morgan fingerprint density at radius 3 is 2.68 bits per heavy atom. The summed E-state index contributed by atoms with van der Waals surface area (Å²) in [4.78, 5) is 23.0. The summed E-state index contributed by atoms with van der Waals surface area (Å²) in [5.74, 6) is -2.06. The lowest BCUT2D eigenvalue weighted by atomic mass is 10.0. The van der Waals surface area contributed by atoms with Gasteiger partial charge in [0.05, 0.1) is 11.6 Å². The zero-order valence-electron chi connectivity index (χ0n) is 12.2. The van der Waals surface area contributed by atoms with E-state index in [0.29, 0.717) is 5.02 Å². The molecular formula is C15H16ClN3O3. The van der Waals surface area contributed by atoms with Gasteiger partial charge < -0.3 is 10.4 Å². The maximum absolute atomic E-state index is 12.1. The van der Waals surface area contributed by atoms with Crippen molar-refractivity contribution in [1.29, 1.82) is 0 Å². The van der Waals surface area contributed by atoms with Crippen molar-refractivity contribution in [2.75, 3.05) is 0 Å². The number of hydrogen-bond acceptors (Lipinski definition) is 3. The molecule has 7 heteroatoms. The fraction of sp³-hybridized carbons (Fsp3) is 0.267. The number of benzene rings is 1. The van der Waals surface area contributed by atoms with Crippen molar-refractivity contribution in [3.63, 3.8) is 0 Å². The van der Waals surface area contributed by atoms with E-state index in [0.717, 1.165) is 5.69 Å². The summed E-state index contributed by atoms with van der Waals surface area (Å²) < 4.78 is 1.53. The molecule has 22 heavy (non-hydrogen) atoms. The van der Waals surface area contributed by atoms with Gasteiger partial charge in [-0.05, 0) is 38.1 Å². The van der Waals surface area contributed by atoms with Gasteiger partial charge in [0.1, 0.15) is 0 Å². The van der Waals surface area contributed by atoms with E-state index < -0.39 is 23.8 Å². The lowest BCUT2D eigenvalue weighted by Gasteiger charge is -2.16. The Labute approximate surface area is 132 Å². The van der Waals surface area contributed by atoms with Gasteiger partial charge in [0, 0.05) is 17.3 Å². The fourth-order valence-corrected chi connectivity index (χ4v) is 2.01. The highest BCUT2D eigenvalue weighted by Crippen LogP contribution is 2.14. The number of nitrogens with zero attached hydrogens (tertiary/aromatic N) is 2. The first-order valence-corrected chi connectivity index (χ1v) is 7.11. The summed E-state index contributed by atoms with van der Waals surface area (Å²) in [6.07, 6.45) is 1.64. The highest BCUT2D eigenvalue weighted by atomic mass is 35.5. The molecule has 0 radical (unpaired) electrons. The minimum Gasteiger partial charge on any atom is -0.481 e. The van der Waals surface area contributed by atoms with Crippen LogP contribution in [0.5, 0.6) is 0 Å². The number of carbonyl (C=O) groups is 2. The molecule has 1 amide bonds. The van der Waals surface area contributed by atoms with Crippen LogP contribution in [0.2, 0.25) is 5.02 Å². The molecular weight excluding hydrogens is 306 g/mol. The third-order valence-electron chi connectivity index (χ3n) is 3.39. The highest BCUT2D eigenvalue weighted by molar-refractivity contribution is 6.30. The molecule has 6 nitrogen and oxygen atoms in total. The average Bonchev–Trinajstić information content (AvgIpc) is 2.96. The fourth-order valence-electron chi connectivity index (χ4n) is 1.83. The van der Waals surface area contributed by atoms with Crippen LogP contribution in [0, 0.1) is 5.92 Å². The van der Waals surface area contributed by atoms with Gasteiger partial charge >= 0.3 is 5.97 Å². The lowest BCUT2D eigenvalue weighted by Crippen LogP contribution is -2.40. The second-order valence-corrected chi connectivity index (χ2v) is 5.45. The zero-order chi connectivity index (χ0) is 16.3. The molecule has 0 aliphatic heterocycles. The van der Waals surface area contributed by atoms with Crippen LogP contribution in [-0.4, -0.2) is 32.8 Å². The quantitative estimate of drug-likeness (QED) is 0.885. The molecule has 1 aromatic carbocycles. The minimum absolute atomic E-state index is 0.212. The maximum Gasteiger partial charge on any atom is 0.308 e. The Morgan fingerprint density at radius 1 is 1.32 bits per heavy atom. The van der Waals surface area contributed by atoms with Crippen molar-refractivity contribution in [2.45, 2.75) is 19.9 Å². The predicted octanol–water partition coefficient (Wildman–Crippen LogP) is 2.36. The Balaban J connectivity index is 2.11. The van der Waals surface area contributed by atoms with Crippen LogP contribution in [0.4, 0.5) is 0 Å². The number of nitrogens with one attached hydrogen (secondary N) is 1. The van der Waals surface area contributed by atoms with Crippen LogP contribution < -0.4 is 5.32 Å². The molecule has 0 fully saturated rings. The topological polar surface area (TPSA) is 84.2 Å². The normalized spacial score (nSPS) is 13.4. The number of amides is 1. The van der Waals surface area contributed by atoms with E-state index in [1.165, 1.54) is 11.6 Å². The second-order valence-electron chi connectivity index (χ2n) is 5.01. The summed E-state index contributed by atoms with van der Waals surface area (Å²) in [7, 11) is 0. The summed E-state index contributed by atoms with van der Waals surface area (Å²) in [5, 5.41) is 16.3. The van der Waals surface area contributed by atoms with Crippen LogP contribution in [0.3, 0.4) is 0 Å². The van der Waals surface area contributed by atoms with E-state index in [1.807, 2.05) is 6.07 Å². The molecule has 2 atom stereocenters. The molecule has 0 aliphatic carbocycles. The first-order chi connectivity index (χ1) is 10.4. The third kappa shape index (κ3) is 3.65. The number of carbonyl (C=O) groups excluding carboxylic acids is 1. The largest absolute Gasteiger partial charge is 0.481 e. The summed E-state index contributed by atoms with van der Waals surface area (Å²) in [6.45, 7) is 3.18. The van der Waals surface area contributed by atoms with Crippen LogP contribution in [0.1, 0.15) is 24.3 Å². The van der Waals surface area contributed by atoms with Crippen molar-refractivity contribution >= 4 is 23.5 Å². The summed E-state index contributed by atoms with van der Waals surface area (Å²) in [5.41, 5.74) is 0.947. The third-order valence-corrected chi connectivity index (χ3v) is 3.63. The molecule has 2 aromatic rings. The predicted molar refractivity (Wildman–Crippen MR) is 82.3 cm³/mol. The van der Waals surface area contributed by atoms with Crippen LogP contribution in [-0.2, 0) is 4.79 Å². The standard InChI is InChI=1S/C15H16ClN3O3/c1-9(15(21)22)10(2)17-14(20)13-6-7-19(18-13)12-5-3-4-11(16)8-12/h3-10H,1-2H3,(H,17,20)(H,21,22). The number of halogens is 1. The Bertz CT molecular complexity index is 699. The van der Waals surface area contributed by atoms with Crippen molar-refractivity contribution in [2.24, 2.45) is 5.92 Å². The summed E-state index contributed by atoms with van der Waals surface area (Å²) >= 11 is 5.92. The molecule has 1 aromatic heterocycles. The van der Waals surface area contributed by atoms with Crippen LogP contribution in [0.15, 0.2) is 36.5 Å². The zero-order valence-corrected chi connectivity index (χ0v) is 12.9. The first-order valence-electron chi connectivity index (χ1n) is 6.74. The molecule has 2 N–H and O–H groups in total. The molecule has 116 valence electrons. The van der Waals surface area contributed by atoms with E-state index in [-0.39, 0.29) is 5.69 Å². The van der Waals surface area contributed by atoms with E-state index in [4.69, 9.17) is 16.7 Å². The van der Waals surface area contributed by atoms with Crippen LogP contribution >= 0.6 is 11.6 Å².